The van der Waals surface area contributed by atoms with Crippen LogP contribution in [0.5, 0.6) is 5.88 Å². The van der Waals surface area contributed by atoms with E-state index in [9.17, 15) is 0 Å². The molecule has 1 aliphatic rings. The second-order valence-electron chi connectivity index (χ2n) is 7.09. The number of ether oxygens (including phenoxy) is 1. The van der Waals surface area contributed by atoms with Crippen molar-refractivity contribution in [2.75, 3.05) is 13.7 Å². The van der Waals surface area contributed by atoms with Crippen LogP contribution in [0.25, 0.3) is 0 Å². The fraction of sp³-hybridized carbons (Fsp3) is 0.765. The van der Waals surface area contributed by atoms with Crippen molar-refractivity contribution in [1.29, 1.82) is 0 Å². The molecular weight excluding hydrogens is 262 g/mol. The number of rotatable bonds is 4. The third-order valence-electron chi connectivity index (χ3n) is 4.29. The van der Waals surface area contributed by atoms with E-state index >= 15 is 0 Å². The highest BCUT2D eigenvalue weighted by atomic mass is 16.5. The molecule has 0 amide bonds. The second-order valence-corrected chi connectivity index (χ2v) is 7.09. The molecule has 2 unspecified atom stereocenters. The van der Waals surface area contributed by atoms with Gasteiger partial charge in [0.2, 0.25) is 5.88 Å². The van der Waals surface area contributed by atoms with Gasteiger partial charge in [-0.25, -0.2) is 4.98 Å². The molecule has 118 valence electrons. The zero-order valence-corrected chi connectivity index (χ0v) is 13.9. The van der Waals surface area contributed by atoms with Gasteiger partial charge in [-0.15, -0.1) is 0 Å². The standard InChI is InChI=1S/C17H29N3O/c1-17(2,3)20-12-13-8-6-5-7-9-14(13)15-16(21-4)19-11-10-18-15/h10-11,13-14,20H,5-9,12H2,1-4H3. The molecule has 1 fully saturated rings. The van der Waals surface area contributed by atoms with Crippen molar-refractivity contribution >= 4 is 0 Å². The van der Waals surface area contributed by atoms with Gasteiger partial charge in [0.25, 0.3) is 0 Å². The van der Waals surface area contributed by atoms with Gasteiger partial charge in [-0.05, 0) is 46.1 Å². The SMILES string of the molecule is COc1nccnc1C1CCCCCC1CNC(C)(C)C. The normalized spacial score (nSPS) is 23.6. The summed E-state index contributed by atoms with van der Waals surface area (Å²) >= 11 is 0. The summed E-state index contributed by atoms with van der Waals surface area (Å²) in [6, 6.07) is 0. The molecule has 0 bridgehead atoms. The number of hydrogen-bond acceptors (Lipinski definition) is 4. The number of nitrogens with one attached hydrogen (secondary N) is 1. The molecule has 1 N–H and O–H groups in total. The maximum Gasteiger partial charge on any atom is 0.235 e. The molecular formula is C17H29N3O. The summed E-state index contributed by atoms with van der Waals surface area (Å²) < 4.78 is 5.44. The molecule has 1 heterocycles. The van der Waals surface area contributed by atoms with Crippen LogP contribution in [0.1, 0.15) is 64.5 Å². The highest BCUT2D eigenvalue weighted by Crippen LogP contribution is 2.38. The van der Waals surface area contributed by atoms with Crippen LogP contribution >= 0.6 is 0 Å². The molecule has 0 aliphatic heterocycles. The maximum absolute atomic E-state index is 5.44. The van der Waals surface area contributed by atoms with Crippen molar-refractivity contribution in [1.82, 2.24) is 15.3 Å². The first-order chi connectivity index (χ1) is 10.0. The van der Waals surface area contributed by atoms with E-state index in [1.807, 2.05) is 0 Å². The van der Waals surface area contributed by atoms with Crippen molar-refractivity contribution in [2.24, 2.45) is 5.92 Å². The lowest BCUT2D eigenvalue weighted by molar-refractivity contribution is 0.308. The zero-order chi connectivity index (χ0) is 15.3. The lowest BCUT2D eigenvalue weighted by Crippen LogP contribution is -2.40. The number of methoxy groups -OCH3 is 1. The Morgan fingerprint density at radius 2 is 1.86 bits per heavy atom. The van der Waals surface area contributed by atoms with Gasteiger partial charge in [-0.2, -0.15) is 0 Å². The number of nitrogens with zero attached hydrogens (tertiary/aromatic N) is 2. The van der Waals surface area contributed by atoms with Crippen LogP contribution in [0.15, 0.2) is 12.4 Å². The van der Waals surface area contributed by atoms with Crippen LogP contribution in [0.3, 0.4) is 0 Å². The average molecular weight is 291 g/mol. The maximum atomic E-state index is 5.44. The van der Waals surface area contributed by atoms with Gasteiger partial charge in [-0.1, -0.05) is 19.3 Å². The molecule has 4 heteroatoms. The first-order valence-electron chi connectivity index (χ1n) is 8.11. The van der Waals surface area contributed by atoms with Crippen molar-refractivity contribution in [3.63, 3.8) is 0 Å². The molecule has 0 saturated heterocycles. The van der Waals surface area contributed by atoms with Crippen LogP contribution < -0.4 is 10.1 Å². The van der Waals surface area contributed by atoms with Gasteiger partial charge >= 0.3 is 0 Å². The molecule has 0 radical (unpaired) electrons. The van der Waals surface area contributed by atoms with Gasteiger partial charge < -0.3 is 10.1 Å². The van der Waals surface area contributed by atoms with E-state index < -0.39 is 0 Å². The summed E-state index contributed by atoms with van der Waals surface area (Å²) in [6.07, 6.45) is 9.86. The Balaban J connectivity index is 2.19. The molecule has 0 aromatic carbocycles. The minimum atomic E-state index is 0.156. The van der Waals surface area contributed by atoms with Gasteiger partial charge in [0, 0.05) is 23.9 Å². The Bertz CT molecular complexity index is 442. The molecule has 4 nitrogen and oxygen atoms in total. The molecule has 21 heavy (non-hydrogen) atoms. The highest BCUT2D eigenvalue weighted by molar-refractivity contribution is 5.23. The van der Waals surface area contributed by atoms with Crippen LogP contribution in [0.2, 0.25) is 0 Å². The summed E-state index contributed by atoms with van der Waals surface area (Å²) in [6.45, 7) is 7.71. The molecule has 2 atom stereocenters. The summed E-state index contributed by atoms with van der Waals surface area (Å²) in [5.41, 5.74) is 1.20. The van der Waals surface area contributed by atoms with Gasteiger partial charge in [-0.3, -0.25) is 4.98 Å². The van der Waals surface area contributed by atoms with Gasteiger partial charge in [0.1, 0.15) is 5.69 Å². The van der Waals surface area contributed by atoms with E-state index in [-0.39, 0.29) is 5.54 Å². The van der Waals surface area contributed by atoms with Crippen molar-refractivity contribution in [2.45, 2.75) is 64.3 Å². The highest BCUT2D eigenvalue weighted by Gasteiger charge is 2.29. The van der Waals surface area contributed by atoms with E-state index in [0.717, 1.165) is 12.2 Å². The van der Waals surface area contributed by atoms with Crippen LogP contribution in [0, 0.1) is 5.92 Å². The lowest BCUT2D eigenvalue weighted by atomic mass is 9.84. The van der Waals surface area contributed by atoms with Crippen molar-refractivity contribution in [3.05, 3.63) is 18.1 Å². The first-order valence-corrected chi connectivity index (χ1v) is 8.11. The first kappa shape index (κ1) is 16.2. The largest absolute Gasteiger partial charge is 0.480 e. The number of hydrogen-bond donors (Lipinski definition) is 1. The average Bonchev–Trinajstić information content (AvgIpc) is 2.69. The fourth-order valence-corrected chi connectivity index (χ4v) is 3.17. The van der Waals surface area contributed by atoms with E-state index in [2.05, 4.69) is 36.1 Å². The summed E-state index contributed by atoms with van der Waals surface area (Å²) in [5, 5.41) is 3.67. The monoisotopic (exact) mass is 291 g/mol. The summed E-state index contributed by atoms with van der Waals surface area (Å²) in [7, 11) is 1.69. The fourth-order valence-electron chi connectivity index (χ4n) is 3.17. The predicted molar refractivity (Wildman–Crippen MR) is 85.7 cm³/mol. The Kier molecular flexibility index (Phi) is 5.57. The van der Waals surface area contributed by atoms with Gasteiger partial charge in [0.15, 0.2) is 0 Å². The lowest BCUT2D eigenvalue weighted by Gasteiger charge is -2.29. The molecule has 1 aromatic heterocycles. The Hall–Kier alpha value is -1.16. The summed E-state index contributed by atoms with van der Waals surface area (Å²) in [4.78, 5) is 8.94. The van der Waals surface area contributed by atoms with E-state index in [1.165, 1.54) is 32.1 Å². The summed E-state index contributed by atoms with van der Waals surface area (Å²) in [5.74, 6) is 1.76. The number of aromatic nitrogens is 2. The smallest absolute Gasteiger partial charge is 0.235 e. The van der Waals surface area contributed by atoms with Crippen molar-refractivity contribution < 1.29 is 4.74 Å². The molecule has 0 spiro atoms. The minimum Gasteiger partial charge on any atom is -0.480 e. The second kappa shape index (κ2) is 7.21. The van der Waals surface area contributed by atoms with Crippen LogP contribution in [-0.2, 0) is 0 Å². The Morgan fingerprint density at radius 3 is 2.57 bits per heavy atom. The topological polar surface area (TPSA) is 47.0 Å². The van der Waals surface area contributed by atoms with E-state index in [4.69, 9.17) is 4.74 Å². The molecule has 1 aromatic rings. The zero-order valence-electron chi connectivity index (χ0n) is 13.9. The Morgan fingerprint density at radius 1 is 1.14 bits per heavy atom. The Labute approximate surface area is 128 Å². The minimum absolute atomic E-state index is 0.156. The van der Waals surface area contributed by atoms with E-state index in [1.54, 1.807) is 19.5 Å². The molecule has 1 saturated carbocycles. The third-order valence-corrected chi connectivity index (χ3v) is 4.29. The predicted octanol–water partition coefficient (Wildman–Crippen LogP) is 3.54. The van der Waals surface area contributed by atoms with Crippen LogP contribution in [-0.4, -0.2) is 29.2 Å². The van der Waals surface area contributed by atoms with Crippen LogP contribution in [0.4, 0.5) is 0 Å². The van der Waals surface area contributed by atoms with Crippen molar-refractivity contribution in [3.8, 4) is 5.88 Å². The van der Waals surface area contributed by atoms with Gasteiger partial charge in [0.05, 0.1) is 7.11 Å². The molecule has 2 rings (SSSR count). The van der Waals surface area contributed by atoms with E-state index in [0.29, 0.717) is 17.7 Å². The molecule has 1 aliphatic carbocycles. The third kappa shape index (κ3) is 4.67. The quantitative estimate of drug-likeness (QED) is 0.862.